The minimum atomic E-state index is -0.662. The third-order valence-corrected chi connectivity index (χ3v) is 8.85. The van der Waals surface area contributed by atoms with Crippen LogP contribution in [0.5, 0.6) is 0 Å². The zero-order valence-electron chi connectivity index (χ0n) is 27.2. The zero-order valence-corrected chi connectivity index (χ0v) is 28.1. The van der Waals surface area contributed by atoms with E-state index >= 15 is 0 Å². The lowest BCUT2D eigenvalue weighted by molar-refractivity contribution is 0.0500. The molecule has 1 fully saturated rings. The quantitative estimate of drug-likeness (QED) is 0.202. The fraction of sp³-hybridized carbons (Fsp3) is 0.441. The van der Waals surface area contributed by atoms with Gasteiger partial charge in [-0.3, -0.25) is 9.97 Å². The van der Waals surface area contributed by atoms with E-state index in [1.54, 1.807) is 6.20 Å². The van der Waals surface area contributed by atoms with Gasteiger partial charge in [-0.2, -0.15) is 5.10 Å². The highest BCUT2D eigenvalue weighted by atomic mass is 32.3. The first kappa shape index (κ1) is 32.4. The molecule has 0 aromatic carbocycles. The standard InChI is InChI=1S/C34H45N7O3S/c1-8-24-13-14-28(38-32(24)40-16-10-12-26(22-40)37-33(42)44-34(2,3)4)31-27-19-29(25-11-9-15-35-20-25)36-21-30(27)41(39-31)23-43-17-18-45(5,6)7/h8-9,11,13-15,19-21,26H,1,10,12,16-18,22-23H2,2-7H3,(H,37,42)/t26-/m1/s1. The molecule has 5 rings (SSSR count). The Balaban J connectivity index is 1.48. The highest BCUT2D eigenvalue weighted by Gasteiger charge is 2.27. The minimum absolute atomic E-state index is 0.0584. The van der Waals surface area contributed by atoms with Crippen LogP contribution in [0.4, 0.5) is 10.6 Å². The van der Waals surface area contributed by atoms with Gasteiger partial charge in [0.05, 0.1) is 29.7 Å². The highest BCUT2D eigenvalue weighted by molar-refractivity contribution is 8.32. The van der Waals surface area contributed by atoms with Crippen LogP contribution in [-0.2, 0) is 16.2 Å². The van der Waals surface area contributed by atoms with E-state index < -0.39 is 21.7 Å². The summed E-state index contributed by atoms with van der Waals surface area (Å²) >= 11 is 0. The number of fused-ring (bicyclic) bond motifs is 1. The normalized spacial score (nSPS) is 16.0. The fourth-order valence-electron chi connectivity index (χ4n) is 5.26. The molecule has 1 atom stereocenters. The van der Waals surface area contributed by atoms with Gasteiger partial charge in [-0.15, -0.1) is 0 Å². The third-order valence-electron chi connectivity index (χ3n) is 7.46. The van der Waals surface area contributed by atoms with Crippen LogP contribution in [0.3, 0.4) is 0 Å². The molecule has 0 spiro atoms. The first-order chi connectivity index (χ1) is 21.4. The van der Waals surface area contributed by atoms with Crippen LogP contribution in [0.1, 0.15) is 39.2 Å². The Labute approximate surface area is 267 Å². The van der Waals surface area contributed by atoms with Gasteiger partial charge in [0.1, 0.15) is 23.8 Å². The van der Waals surface area contributed by atoms with Crippen LogP contribution in [0.15, 0.2) is 55.5 Å². The molecule has 5 heterocycles. The van der Waals surface area contributed by atoms with Crippen molar-refractivity contribution in [3.8, 4) is 22.6 Å². The maximum absolute atomic E-state index is 12.5. The van der Waals surface area contributed by atoms with Crippen molar-refractivity contribution in [2.45, 2.75) is 52.0 Å². The minimum Gasteiger partial charge on any atom is -0.444 e. The van der Waals surface area contributed by atoms with Gasteiger partial charge in [0.2, 0.25) is 0 Å². The second kappa shape index (κ2) is 13.6. The zero-order chi connectivity index (χ0) is 32.2. The number of carbonyl (C=O) groups is 1. The number of aromatic nitrogens is 5. The summed E-state index contributed by atoms with van der Waals surface area (Å²) in [4.78, 5) is 28.9. The lowest BCUT2D eigenvalue weighted by atomic mass is 10.0. The predicted octanol–water partition coefficient (Wildman–Crippen LogP) is 6.36. The van der Waals surface area contributed by atoms with Crippen molar-refractivity contribution in [2.24, 2.45) is 0 Å². The summed E-state index contributed by atoms with van der Waals surface area (Å²) in [7, 11) is -0.662. The monoisotopic (exact) mass is 631 g/mol. The second-order valence-electron chi connectivity index (χ2n) is 13.3. The average molecular weight is 632 g/mol. The Morgan fingerprint density at radius 2 is 2.00 bits per heavy atom. The van der Waals surface area contributed by atoms with Crippen LogP contribution in [0.25, 0.3) is 39.6 Å². The first-order valence-electron chi connectivity index (χ1n) is 15.3. The summed E-state index contributed by atoms with van der Waals surface area (Å²) in [6.07, 6.45) is 15.5. The molecular weight excluding hydrogens is 586 g/mol. The van der Waals surface area contributed by atoms with Crippen LogP contribution >= 0.6 is 10.0 Å². The third kappa shape index (κ3) is 8.40. The van der Waals surface area contributed by atoms with Crippen molar-refractivity contribution in [3.05, 3.63) is 61.1 Å². The summed E-state index contributed by atoms with van der Waals surface area (Å²) in [5.74, 6) is 1.84. The maximum atomic E-state index is 12.5. The Bertz CT molecular complexity index is 1640. The maximum Gasteiger partial charge on any atom is 0.407 e. The van der Waals surface area contributed by atoms with E-state index in [0.29, 0.717) is 19.9 Å². The molecule has 0 aliphatic carbocycles. The smallest absolute Gasteiger partial charge is 0.407 e. The van der Waals surface area contributed by atoms with Gasteiger partial charge < -0.3 is 19.7 Å². The van der Waals surface area contributed by atoms with Crippen LogP contribution < -0.4 is 10.2 Å². The Hall–Kier alpha value is -3.96. The molecule has 0 unspecified atom stereocenters. The van der Waals surface area contributed by atoms with Crippen molar-refractivity contribution in [3.63, 3.8) is 0 Å². The number of alkyl carbamates (subject to hydrolysis) is 1. The van der Waals surface area contributed by atoms with Crippen molar-refractivity contribution in [1.29, 1.82) is 0 Å². The Morgan fingerprint density at radius 3 is 2.71 bits per heavy atom. The lowest BCUT2D eigenvalue weighted by Crippen LogP contribution is -2.49. The molecule has 1 aliphatic rings. The molecule has 10 nitrogen and oxygen atoms in total. The SMILES string of the molecule is C=Cc1ccc(-c2nn(COCCS(C)(C)C)c3cnc(-c4cccnc4)cc23)nc1N1CCC[C@@H](NC(=O)OC(C)(C)C)C1. The van der Waals surface area contributed by atoms with E-state index in [9.17, 15) is 4.79 Å². The number of nitrogens with one attached hydrogen (secondary N) is 1. The molecule has 240 valence electrons. The molecule has 1 amide bonds. The first-order valence-corrected chi connectivity index (χ1v) is 18.3. The predicted molar refractivity (Wildman–Crippen MR) is 185 cm³/mol. The lowest BCUT2D eigenvalue weighted by Gasteiger charge is -2.35. The fourth-order valence-corrected chi connectivity index (χ4v) is 5.87. The second-order valence-corrected chi connectivity index (χ2v) is 17.8. The summed E-state index contributed by atoms with van der Waals surface area (Å²) in [6.45, 7) is 12.1. The number of pyridine rings is 3. The summed E-state index contributed by atoms with van der Waals surface area (Å²) < 4.78 is 13.5. The van der Waals surface area contributed by atoms with E-state index in [-0.39, 0.29) is 6.04 Å². The molecule has 4 aromatic rings. The van der Waals surface area contributed by atoms with Crippen LogP contribution in [-0.4, -0.2) is 86.7 Å². The van der Waals surface area contributed by atoms with Gasteiger partial charge in [0, 0.05) is 53.8 Å². The molecule has 11 heteroatoms. The number of amides is 1. The van der Waals surface area contributed by atoms with Gasteiger partial charge in [0.15, 0.2) is 0 Å². The molecular formula is C34H45N7O3S. The van der Waals surface area contributed by atoms with E-state index in [0.717, 1.165) is 70.1 Å². The van der Waals surface area contributed by atoms with Crippen molar-refractivity contribution < 1.29 is 14.3 Å². The average Bonchev–Trinajstić information content (AvgIpc) is 3.36. The van der Waals surface area contributed by atoms with E-state index in [2.05, 4.69) is 46.6 Å². The number of hydrogen-bond acceptors (Lipinski definition) is 8. The molecule has 0 saturated carbocycles. The molecule has 0 radical (unpaired) electrons. The van der Waals surface area contributed by atoms with Gasteiger partial charge >= 0.3 is 6.09 Å². The van der Waals surface area contributed by atoms with Crippen molar-refractivity contribution in [1.82, 2.24) is 30.0 Å². The van der Waals surface area contributed by atoms with Gasteiger partial charge in [-0.1, -0.05) is 12.7 Å². The summed E-state index contributed by atoms with van der Waals surface area (Å²) in [5, 5.41) is 9.00. The van der Waals surface area contributed by atoms with Crippen LogP contribution in [0.2, 0.25) is 0 Å². The van der Waals surface area contributed by atoms with Crippen molar-refractivity contribution in [2.75, 3.05) is 49.1 Å². The number of rotatable bonds is 10. The largest absolute Gasteiger partial charge is 0.444 e. The summed E-state index contributed by atoms with van der Waals surface area (Å²) in [6, 6.07) is 9.91. The van der Waals surface area contributed by atoms with E-state index in [4.69, 9.17) is 24.5 Å². The molecule has 1 N–H and O–H groups in total. The van der Waals surface area contributed by atoms with Gasteiger partial charge in [-0.05, 0) is 82.7 Å². The van der Waals surface area contributed by atoms with Gasteiger partial charge in [-0.25, -0.2) is 24.5 Å². The van der Waals surface area contributed by atoms with Crippen LogP contribution in [0, 0.1) is 0 Å². The van der Waals surface area contributed by atoms with Gasteiger partial charge in [0.25, 0.3) is 0 Å². The Morgan fingerprint density at radius 1 is 1.18 bits per heavy atom. The summed E-state index contributed by atoms with van der Waals surface area (Å²) in [5.41, 5.74) is 4.46. The molecule has 45 heavy (non-hydrogen) atoms. The highest BCUT2D eigenvalue weighted by Crippen LogP contribution is 2.35. The molecule has 1 saturated heterocycles. The topological polar surface area (TPSA) is 107 Å². The Kier molecular flexibility index (Phi) is 9.79. The van der Waals surface area contributed by atoms with E-state index in [1.165, 1.54) is 0 Å². The van der Waals surface area contributed by atoms with Crippen molar-refractivity contribution >= 4 is 38.9 Å². The number of ether oxygens (including phenoxy) is 2. The molecule has 4 aromatic heterocycles. The number of anilines is 1. The number of carbonyl (C=O) groups excluding carboxylic acids is 1. The van der Waals surface area contributed by atoms with E-state index in [1.807, 2.05) is 68.2 Å². The molecule has 1 aliphatic heterocycles. The number of nitrogens with zero attached hydrogens (tertiary/aromatic N) is 6. The number of hydrogen-bond donors (Lipinski definition) is 1. The molecule has 0 bridgehead atoms. The number of piperidine rings is 1.